The Morgan fingerprint density at radius 1 is 1.56 bits per heavy atom. The molecule has 0 unspecified atom stereocenters. The third-order valence-corrected chi connectivity index (χ3v) is 3.33. The monoisotopic (exact) mass is 256 g/mol. The maximum Gasteiger partial charge on any atom is 0.239 e. The Hall–Kier alpha value is -1.20. The molecule has 16 heavy (non-hydrogen) atoms. The van der Waals surface area contributed by atoms with Crippen LogP contribution in [-0.4, -0.2) is 23.4 Å². The largest absolute Gasteiger partial charge is 0.325 e. The van der Waals surface area contributed by atoms with E-state index in [2.05, 4.69) is 10.6 Å². The van der Waals surface area contributed by atoms with E-state index in [1.807, 2.05) is 6.07 Å². The first-order valence-electron chi connectivity index (χ1n) is 4.61. The van der Waals surface area contributed by atoms with Crippen molar-refractivity contribution < 1.29 is 9.59 Å². The predicted molar refractivity (Wildman–Crippen MR) is 65.1 cm³/mol. The number of hydrogen-bond donors (Lipinski definition) is 2. The van der Waals surface area contributed by atoms with E-state index in [0.717, 1.165) is 10.6 Å². The topological polar surface area (TPSA) is 58.2 Å². The molecule has 0 aliphatic carbocycles. The number of rotatable bonds is 2. The van der Waals surface area contributed by atoms with Crippen molar-refractivity contribution in [2.75, 3.05) is 22.3 Å². The number of thioether (sulfide) groups is 1. The van der Waals surface area contributed by atoms with E-state index in [9.17, 15) is 9.59 Å². The summed E-state index contributed by atoms with van der Waals surface area (Å²) in [4.78, 5) is 23.3. The number of benzene rings is 1. The molecular formula is C10H9ClN2O2S. The van der Waals surface area contributed by atoms with Crippen molar-refractivity contribution in [3.05, 3.63) is 18.2 Å². The molecule has 4 nitrogen and oxygen atoms in total. The van der Waals surface area contributed by atoms with Crippen LogP contribution in [0.1, 0.15) is 0 Å². The molecule has 0 spiro atoms. The molecule has 0 bridgehead atoms. The number of anilines is 2. The van der Waals surface area contributed by atoms with Gasteiger partial charge in [-0.2, -0.15) is 0 Å². The molecule has 2 rings (SSSR count). The highest BCUT2D eigenvalue weighted by Crippen LogP contribution is 2.33. The van der Waals surface area contributed by atoms with Crippen LogP contribution in [0.3, 0.4) is 0 Å². The Morgan fingerprint density at radius 3 is 3.12 bits per heavy atom. The van der Waals surface area contributed by atoms with Crippen LogP contribution in [-0.2, 0) is 9.59 Å². The van der Waals surface area contributed by atoms with Gasteiger partial charge in [-0.15, -0.1) is 23.4 Å². The van der Waals surface area contributed by atoms with Crippen LogP contribution in [0.15, 0.2) is 23.1 Å². The number of carbonyl (C=O) groups excluding carboxylic acids is 2. The van der Waals surface area contributed by atoms with E-state index in [4.69, 9.17) is 11.6 Å². The van der Waals surface area contributed by atoms with Gasteiger partial charge in [0.25, 0.3) is 0 Å². The van der Waals surface area contributed by atoms with Gasteiger partial charge in [0.05, 0.1) is 11.4 Å². The molecule has 0 saturated heterocycles. The zero-order valence-electron chi connectivity index (χ0n) is 8.25. The molecule has 2 amide bonds. The molecule has 0 aromatic heterocycles. The second-order valence-electron chi connectivity index (χ2n) is 3.23. The standard InChI is InChI=1S/C10H9ClN2O2S/c11-4-9(14)12-6-1-2-8-7(3-6)13-10(15)5-16-8/h1-3H,4-5H2,(H,12,14)(H,13,15). The summed E-state index contributed by atoms with van der Waals surface area (Å²) in [6, 6.07) is 5.38. The van der Waals surface area contributed by atoms with Crippen LogP contribution < -0.4 is 10.6 Å². The van der Waals surface area contributed by atoms with Crippen LogP contribution >= 0.6 is 23.4 Å². The number of hydrogen-bond acceptors (Lipinski definition) is 3. The normalized spacial score (nSPS) is 13.9. The van der Waals surface area contributed by atoms with Crippen LogP contribution in [0.25, 0.3) is 0 Å². The fourth-order valence-corrected chi connectivity index (χ4v) is 2.21. The molecule has 0 atom stereocenters. The maximum absolute atomic E-state index is 11.2. The Labute approximate surface area is 102 Å². The molecular weight excluding hydrogens is 248 g/mol. The lowest BCUT2D eigenvalue weighted by atomic mass is 10.2. The Bertz CT molecular complexity index is 450. The van der Waals surface area contributed by atoms with Crippen molar-refractivity contribution in [2.45, 2.75) is 4.90 Å². The van der Waals surface area contributed by atoms with E-state index in [1.54, 1.807) is 12.1 Å². The van der Waals surface area contributed by atoms with Gasteiger partial charge in [0, 0.05) is 10.6 Å². The minimum absolute atomic E-state index is 0.0293. The molecule has 2 N–H and O–H groups in total. The zero-order valence-corrected chi connectivity index (χ0v) is 9.82. The summed E-state index contributed by atoms with van der Waals surface area (Å²) in [6.45, 7) is 0. The SMILES string of the molecule is O=C(CCl)Nc1ccc2c(c1)NC(=O)CS2. The summed E-state index contributed by atoms with van der Waals surface area (Å²) in [5, 5.41) is 5.37. The summed E-state index contributed by atoms with van der Waals surface area (Å²) >= 11 is 6.86. The highest BCUT2D eigenvalue weighted by Gasteiger charge is 2.15. The number of fused-ring (bicyclic) bond motifs is 1. The average molecular weight is 257 g/mol. The van der Waals surface area contributed by atoms with Gasteiger partial charge in [0.2, 0.25) is 11.8 Å². The fraction of sp³-hybridized carbons (Fsp3) is 0.200. The lowest BCUT2D eigenvalue weighted by Gasteiger charge is -2.17. The molecule has 1 aromatic carbocycles. The second-order valence-corrected chi connectivity index (χ2v) is 4.51. The molecule has 0 saturated carbocycles. The van der Waals surface area contributed by atoms with Crippen LogP contribution in [0.2, 0.25) is 0 Å². The molecule has 6 heteroatoms. The average Bonchev–Trinajstić information content (AvgIpc) is 2.28. The fourth-order valence-electron chi connectivity index (χ4n) is 1.36. The summed E-state index contributed by atoms with van der Waals surface area (Å²) < 4.78 is 0. The highest BCUT2D eigenvalue weighted by atomic mass is 35.5. The van der Waals surface area contributed by atoms with Crippen LogP contribution in [0.4, 0.5) is 11.4 Å². The number of nitrogens with one attached hydrogen (secondary N) is 2. The van der Waals surface area contributed by atoms with Gasteiger partial charge < -0.3 is 10.6 Å². The minimum atomic E-state index is -0.267. The molecule has 1 heterocycles. The Morgan fingerprint density at radius 2 is 2.38 bits per heavy atom. The van der Waals surface area contributed by atoms with Crippen molar-refractivity contribution in [3.8, 4) is 0 Å². The molecule has 1 aliphatic heterocycles. The number of amides is 2. The van der Waals surface area contributed by atoms with Crippen molar-refractivity contribution in [1.29, 1.82) is 0 Å². The number of halogens is 1. The van der Waals surface area contributed by atoms with E-state index in [0.29, 0.717) is 11.4 Å². The summed E-state index contributed by atoms with van der Waals surface area (Å²) in [7, 11) is 0. The molecule has 84 valence electrons. The van der Waals surface area contributed by atoms with E-state index < -0.39 is 0 Å². The van der Waals surface area contributed by atoms with Gasteiger partial charge in [-0.3, -0.25) is 9.59 Å². The van der Waals surface area contributed by atoms with Crippen molar-refractivity contribution in [2.24, 2.45) is 0 Å². The van der Waals surface area contributed by atoms with Crippen LogP contribution in [0.5, 0.6) is 0 Å². The highest BCUT2D eigenvalue weighted by molar-refractivity contribution is 8.00. The summed E-state index contributed by atoms with van der Waals surface area (Å²) in [6.07, 6.45) is 0. The van der Waals surface area contributed by atoms with Crippen LogP contribution in [0, 0.1) is 0 Å². The third-order valence-electron chi connectivity index (χ3n) is 2.02. The van der Waals surface area contributed by atoms with Gasteiger partial charge >= 0.3 is 0 Å². The lowest BCUT2D eigenvalue weighted by Crippen LogP contribution is -2.19. The van der Waals surface area contributed by atoms with Crippen molar-refractivity contribution >= 4 is 46.6 Å². The Kier molecular flexibility index (Phi) is 3.36. The number of carbonyl (C=O) groups is 2. The zero-order chi connectivity index (χ0) is 11.5. The van der Waals surface area contributed by atoms with E-state index in [-0.39, 0.29) is 17.7 Å². The predicted octanol–water partition coefficient (Wildman–Crippen LogP) is 1.91. The quantitative estimate of drug-likeness (QED) is 0.795. The smallest absolute Gasteiger partial charge is 0.239 e. The number of alkyl halides is 1. The van der Waals surface area contributed by atoms with Crippen molar-refractivity contribution in [1.82, 2.24) is 0 Å². The summed E-state index contributed by atoms with van der Waals surface area (Å²) in [5.41, 5.74) is 1.36. The van der Waals surface area contributed by atoms with Gasteiger partial charge in [0.1, 0.15) is 5.88 Å². The first kappa shape index (κ1) is 11.3. The van der Waals surface area contributed by atoms with Gasteiger partial charge in [-0.05, 0) is 18.2 Å². The first-order valence-corrected chi connectivity index (χ1v) is 6.13. The maximum atomic E-state index is 11.2. The molecule has 0 fully saturated rings. The van der Waals surface area contributed by atoms with Gasteiger partial charge in [0.15, 0.2) is 0 Å². The van der Waals surface area contributed by atoms with Gasteiger partial charge in [-0.1, -0.05) is 0 Å². The first-order chi connectivity index (χ1) is 7.69. The van der Waals surface area contributed by atoms with Gasteiger partial charge in [-0.25, -0.2) is 0 Å². The third kappa shape index (κ3) is 2.48. The molecule has 0 radical (unpaired) electrons. The molecule has 1 aliphatic rings. The molecule has 1 aromatic rings. The Balaban J connectivity index is 2.21. The van der Waals surface area contributed by atoms with E-state index >= 15 is 0 Å². The summed E-state index contributed by atoms with van der Waals surface area (Å²) in [5.74, 6) is 0.0493. The minimum Gasteiger partial charge on any atom is -0.325 e. The second kappa shape index (κ2) is 4.76. The van der Waals surface area contributed by atoms with E-state index in [1.165, 1.54) is 11.8 Å². The lowest BCUT2D eigenvalue weighted by molar-refractivity contribution is -0.114. The van der Waals surface area contributed by atoms with Crippen molar-refractivity contribution in [3.63, 3.8) is 0 Å².